The highest BCUT2D eigenvalue weighted by molar-refractivity contribution is 9.10. The number of hydrogen-bond acceptors (Lipinski definition) is 4. The Morgan fingerprint density at radius 1 is 0.897 bits per heavy atom. The average Bonchev–Trinajstić information content (AvgIpc) is 2.67. The molecule has 0 aliphatic rings. The zero-order chi connectivity index (χ0) is 21.6. The first-order chi connectivity index (χ1) is 13.8. The lowest BCUT2D eigenvalue weighted by molar-refractivity contribution is -0.140. The summed E-state index contributed by atoms with van der Waals surface area (Å²) in [5.41, 5.74) is 5.32. The molecule has 0 saturated carbocycles. The van der Waals surface area contributed by atoms with Gasteiger partial charge in [0.2, 0.25) is 0 Å². The van der Waals surface area contributed by atoms with Crippen molar-refractivity contribution in [3.8, 4) is 11.5 Å². The number of carbonyl (C=O) groups excluding carboxylic acids is 1. The van der Waals surface area contributed by atoms with Crippen LogP contribution in [-0.4, -0.2) is 27.3 Å². The third-order valence-corrected chi connectivity index (χ3v) is 5.83. The third-order valence-electron chi connectivity index (χ3n) is 4.65. The van der Waals surface area contributed by atoms with Gasteiger partial charge >= 0.3 is 5.97 Å². The number of hydrogen-bond donors (Lipinski definition) is 0. The van der Waals surface area contributed by atoms with Crippen LogP contribution in [0.5, 0.6) is 11.5 Å². The van der Waals surface area contributed by atoms with E-state index in [4.69, 9.17) is 14.2 Å². The monoisotopic (exact) mass is 524 g/mol. The first-order valence-corrected chi connectivity index (χ1v) is 10.9. The Kier molecular flexibility index (Phi) is 8.78. The topological polar surface area (TPSA) is 44.8 Å². The van der Waals surface area contributed by atoms with Crippen molar-refractivity contribution in [1.82, 2.24) is 0 Å². The molecule has 0 fully saturated rings. The maximum absolute atomic E-state index is 11.4. The van der Waals surface area contributed by atoms with Gasteiger partial charge < -0.3 is 14.2 Å². The van der Waals surface area contributed by atoms with Crippen molar-refractivity contribution in [3.05, 3.63) is 61.5 Å². The predicted octanol–water partition coefficient (Wildman–Crippen LogP) is 6.62. The van der Waals surface area contributed by atoms with Crippen molar-refractivity contribution < 1.29 is 19.0 Å². The highest BCUT2D eigenvalue weighted by atomic mass is 79.9. The van der Waals surface area contributed by atoms with Crippen LogP contribution >= 0.6 is 31.9 Å². The van der Waals surface area contributed by atoms with Gasteiger partial charge in [-0.05, 0) is 111 Å². The molecular weight excluding hydrogens is 500 g/mol. The standard InChI is InChI=1S/C23H26Br2O4/c1-14-10-16(12-19(24)22(14)28-4)18(8-6-7-9-21(26)27-3)17-11-15(2)23(29-5)20(25)13-17/h8,10-13H,6-7,9H2,1-5H3. The van der Waals surface area contributed by atoms with Gasteiger partial charge in [-0.15, -0.1) is 0 Å². The second kappa shape index (κ2) is 10.8. The number of aryl methyl sites for hydroxylation is 2. The Hall–Kier alpha value is -1.79. The fourth-order valence-electron chi connectivity index (χ4n) is 3.29. The molecule has 156 valence electrons. The van der Waals surface area contributed by atoms with E-state index in [1.54, 1.807) is 14.2 Å². The van der Waals surface area contributed by atoms with Gasteiger partial charge in [-0.2, -0.15) is 0 Å². The van der Waals surface area contributed by atoms with E-state index in [2.05, 4.69) is 62.2 Å². The minimum absolute atomic E-state index is 0.189. The largest absolute Gasteiger partial charge is 0.495 e. The number of carbonyl (C=O) groups is 1. The summed E-state index contributed by atoms with van der Waals surface area (Å²) in [6.45, 7) is 4.05. The molecule has 0 unspecified atom stereocenters. The molecule has 0 saturated heterocycles. The van der Waals surface area contributed by atoms with Crippen molar-refractivity contribution in [2.75, 3.05) is 21.3 Å². The maximum Gasteiger partial charge on any atom is 0.305 e. The molecule has 0 atom stereocenters. The van der Waals surface area contributed by atoms with Gasteiger partial charge in [-0.1, -0.05) is 6.08 Å². The molecule has 0 heterocycles. The Bertz CT molecular complexity index is 812. The van der Waals surface area contributed by atoms with E-state index in [0.29, 0.717) is 6.42 Å². The van der Waals surface area contributed by atoms with Crippen LogP contribution in [0.1, 0.15) is 41.5 Å². The first-order valence-electron chi connectivity index (χ1n) is 9.28. The van der Waals surface area contributed by atoms with Crippen molar-refractivity contribution in [2.45, 2.75) is 33.1 Å². The lowest BCUT2D eigenvalue weighted by Gasteiger charge is -2.16. The number of rotatable bonds is 8. The molecule has 0 N–H and O–H groups in total. The van der Waals surface area contributed by atoms with E-state index >= 15 is 0 Å². The van der Waals surface area contributed by atoms with Crippen molar-refractivity contribution >= 4 is 43.4 Å². The second-order valence-electron chi connectivity index (χ2n) is 6.70. The van der Waals surface area contributed by atoms with Crippen LogP contribution in [0.25, 0.3) is 5.57 Å². The quantitative estimate of drug-likeness (QED) is 0.287. The van der Waals surface area contributed by atoms with Crippen LogP contribution in [0.4, 0.5) is 0 Å². The second-order valence-corrected chi connectivity index (χ2v) is 8.41. The molecule has 0 spiro atoms. The molecule has 29 heavy (non-hydrogen) atoms. The Balaban J connectivity index is 2.51. The smallest absolute Gasteiger partial charge is 0.305 e. The van der Waals surface area contributed by atoms with Gasteiger partial charge in [0.25, 0.3) is 0 Å². The van der Waals surface area contributed by atoms with Crippen molar-refractivity contribution in [2.24, 2.45) is 0 Å². The van der Waals surface area contributed by atoms with Crippen LogP contribution in [0.2, 0.25) is 0 Å². The van der Waals surface area contributed by atoms with Gasteiger partial charge in [-0.3, -0.25) is 4.79 Å². The van der Waals surface area contributed by atoms with Crippen LogP contribution in [-0.2, 0) is 9.53 Å². The number of benzene rings is 2. The van der Waals surface area contributed by atoms with Crippen molar-refractivity contribution in [3.63, 3.8) is 0 Å². The summed E-state index contributed by atoms with van der Waals surface area (Å²) in [5, 5.41) is 0. The molecule has 0 amide bonds. The van der Waals surface area contributed by atoms with Crippen LogP contribution in [0.3, 0.4) is 0 Å². The lowest BCUT2D eigenvalue weighted by atomic mass is 9.93. The van der Waals surface area contributed by atoms with E-state index in [1.165, 1.54) is 7.11 Å². The molecular formula is C23H26Br2O4. The number of unbranched alkanes of at least 4 members (excludes halogenated alkanes) is 1. The van der Waals surface area contributed by atoms with Crippen LogP contribution in [0.15, 0.2) is 39.3 Å². The molecule has 0 radical (unpaired) electrons. The summed E-state index contributed by atoms with van der Waals surface area (Å²) < 4.78 is 17.5. The van der Waals surface area contributed by atoms with Gasteiger partial charge in [0, 0.05) is 6.42 Å². The number of esters is 1. The molecule has 0 bridgehead atoms. The van der Waals surface area contributed by atoms with E-state index in [-0.39, 0.29) is 5.97 Å². The first kappa shape index (κ1) is 23.5. The van der Waals surface area contributed by atoms with Gasteiger partial charge in [0.05, 0.1) is 30.3 Å². The van der Waals surface area contributed by atoms with Crippen LogP contribution < -0.4 is 9.47 Å². The van der Waals surface area contributed by atoms with E-state index in [0.717, 1.165) is 61.1 Å². The normalized spacial score (nSPS) is 10.4. The van der Waals surface area contributed by atoms with Gasteiger partial charge in [-0.25, -0.2) is 0 Å². The Labute approximate surface area is 189 Å². The summed E-state index contributed by atoms with van der Waals surface area (Å²) >= 11 is 7.24. The van der Waals surface area contributed by atoms with Gasteiger partial charge in [0.1, 0.15) is 11.5 Å². The van der Waals surface area contributed by atoms with E-state index in [9.17, 15) is 4.79 Å². The predicted molar refractivity (Wildman–Crippen MR) is 124 cm³/mol. The zero-order valence-electron chi connectivity index (χ0n) is 17.4. The third kappa shape index (κ3) is 5.86. The minimum atomic E-state index is -0.189. The summed E-state index contributed by atoms with van der Waals surface area (Å²) in [6.07, 6.45) is 4.06. The minimum Gasteiger partial charge on any atom is -0.495 e. The molecule has 0 aromatic heterocycles. The number of methoxy groups -OCH3 is 3. The molecule has 2 aromatic rings. The van der Waals surface area contributed by atoms with E-state index in [1.807, 2.05) is 13.8 Å². The number of halogens is 2. The molecule has 2 aromatic carbocycles. The molecule has 4 nitrogen and oxygen atoms in total. The highest BCUT2D eigenvalue weighted by Gasteiger charge is 2.14. The average molecular weight is 526 g/mol. The van der Waals surface area contributed by atoms with Crippen molar-refractivity contribution in [1.29, 1.82) is 0 Å². The summed E-state index contributed by atoms with van der Waals surface area (Å²) in [6, 6.07) is 8.35. The maximum atomic E-state index is 11.4. The number of ether oxygens (including phenoxy) is 3. The lowest BCUT2D eigenvalue weighted by Crippen LogP contribution is -1.99. The zero-order valence-corrected chi connectivity index (χ0v) is 20.6. The molecule has 2 rings (SSSR count). The summed E-state index contributed by atoms with van der Waals surface area (Å²) in [5.74, 6) is 1.46. The SMILES string of the molecule is COC(=O)CCCC=C(c1cc(C)c(OC)c(Br)c1)c1cc(C)c(OC)c(Br)c1. The summed E-state index contributed by atoms with van der Waals surface area (Å²) in [7, 11) is 4.75. The fraction of sp³-hybridized carbons (Fsp3) is 0.348. The molecule has 0 aliphatic heterocycles. The molecule has 0 aliphatic carbocycles. The summed E-state index contributed by atoms with van der Waals surface area (Å²) in [4.78, 5) is 11.4. The van der Waals surface area contributed by atoms with Crippen LogP contribution in [0, 0.1) is 13.8 Å². The molecule has 6 heteroatoms. The fourth-order valence-corrected chi connectivity index (χ4v) is 4.73. The number of allylic oxidation sites excluding steroid dienone is 1. The van der Waals surface area contributed by atoms with Gasteiger partial charge in [0.15, 0.2) is 0 Å². The Morgan fingerprint density at radius 3 is 1.76 bits per heavy atom. The van der Waals surface area contributed by atoms with E-state index < -0.39 is 0 Å². The Morgan fingerprint density at radius 2 is 1.38 bits per heavy atom. The highest BCUT2D eigenvalue weighted by Crippen LogP contribution is 2.38.